The van der Waals surface area contributed by atoms with Crippen molar-refractivity contribution < 1.29 is 18.7 Å². The normalized spacial score (nSPS) is 10.5. The molecular formula is C25H28N2O4. The van der Waals surface area contributed by atoms with E-state index in [0.717, 1.165) is 22.6 Å². The summed E-state index contributed by atoms with van der Waals surface area (Å²) >= 11 is 0. The van der Waals surface area contributed by atoms with Crippen molar-refractivity contribution in [2.24, 2.45) is 0 Å². The van der Waals surface area contributed by atoms with Crippen LogP contribution in [0.15, 0.2) is 71.1 Å². The number of rotatable bonds is 9. The third-order valence-electron chi connectivity index (χ3n) is 4.95. The molecule has 0 spiro atoms. The van der Waals surface area contributed by atoms with Gasteiger partial charge in [0.2, 0.25) is 0 Å². The number of carbonyl (C=O) groups is 2. The maximum Gasteiger partial charge on any atom is 0.306 e. The predicted octanol–water partition coefficient (Wildman–Crippen LogP) is 4.15. The number of nitrogens with zero attached hydrogens (tertiary/aromatic N) is 2. The minimum absolute atomic E-state index is 0.157. The fraction of sp³-hybridized carbons (Fsp3) is 0.280. The van der Waals surface area contributed by atoms with Crippen LogP contribution in [0.25, 0.3) is 11.3 Å². The summed E-state index contributed by atoms with van der Waals surface area (Å²) in [5, 5.41) is 0. The number of amides is 1. The number of hydrogen-bond acceptors (Lipinski definition) is 5. The Morgan fingerprint density at radius 3 is 2.29 bits per heavy atom. The van der Waals surface area contributed by atoms with Crippen molar-refractivity contribution in [2.75, 3.05) is 32.6 Å². The van der Waals surface area contributed by atoms with E-state index in [-0.39, 0.29) is 18.9 Å². The molecule has 0 N–H and O–H groups in total. The van der Waals surface area contributed by atoms with E-state index in [0.29, 0.717) is 18.7 Å². The van der Waals surface area contributed by atoms with Crippen LogP contribution in [-0.2, 0) is 27.3 Å². The first-order valence-corrected chi connectivity index (χ1v) is 10.2. The molecule has 1 heterocycles. The van der Waals surface area contributed by atoms with Gasteiger partial charge in [-0.2, -0.15) is 0 Å². The lowest BCUT2D eigenvalue weighted by atomic mass is 10.2. The Bertz CT molecular complexity index is 994. The Labute approximate surface area is 183 Å². The van der Waals surface area contributed by atoms with Gasteiger partial charge in [-0.05, 0) is 29.8 Å². The molecule has 1 aromatic heterocycles. The molecule has 0 fully saturated rings. The van der Waals surface area contributed by atoms with Gasteiger partial charge in [0.1, 0.15) is 11.5 Å². The van der Waals surface area contributed by atoms with Crippen molar-refractivity contribution in [3.8, 4) is 11.3 Å². The molecule has 0 aliphatic rings. The molecule has 0 aliphatic carbocycles. The van der Waals surface area contributed by atoms with Crippen molar-refractivity contribution in [3.05, 3.63) is 78.1 Å². The first-order chi connectivity index (χ1) is 14.9. The topological polar surface area (TPSA) is 63.0 Å². The first-order valence-electron chi connectivity index (χ1n) is 10.2. The molecule has 6 nitrogen and oxygen atoms in total. The van der Waals surface area contributed by atoms with E-state index in [2.05, 4.69) is 0 Å². The van der Waals surface area contributed by atoms with Crippen molar-refractivity contribution in [1.29, 1.82) is 0 Å². The van der Waals surface area contributed by atoms with Gasteiger partial charge < -0.3 is 19.0 Å². The molecule has 162 valence electrons. The Balaban J connectivity index is 1.40. The quantitative estimate of drug-likeness (QED) is 0.487. The van der Waals surface area contributed by atoms with Crippen LogP contribution in [0.3, 0.4) is 0 Å². The van der Waals surface area contributed by atoms with Crippen LogP contribution >= 0.6 is 0 Å². The summed E-state index contributed by atoms with van der Waals surface area (Å²) in [6, 6.07) is 21.5. The van der Waals surface area contributed by atoms with Crippen LogP contribution in [0.4, 0.5) is 5.69 Å². The SMILES string of the molecule is CN(Cc1ccc(N(C)C)cc1)C(=O)COC(=O)CCc1ccc(-c2ccccc2)o1. The molecule has 0 unspecified atom stereocenters. The second kappa shape index (κ2) is 10.5. The molecule has 0 atom stereocenters. The number of likely N-dealkylation sites (N-methyl/N-ethyl adjacent to an activating group) is 1. The van der Waals surface area contributed by atoms with E-state index in [1.807, 2.05) is 85.7 Å². The van der Waals surface area contributed by atoms with E-state index in [1.165, 1.54) is 0 Å². The zero-order valence-electron chi connectivity index (χ0n) is 18.2. The van der Waals surface area contributed by atoms with Crippen molar-refractivity contribution in [2.45, 2.75) is 19.4 Å². The number of furan rings is 1. The maximum atomic E-state index is 12.3. The number of anilines is 1. The average Bonchev–Trinajstić information content (AvgIpc) is 3.26. The van der Waals surface area contributed by atoms with Gasteiger partial charge in [0.15, 0.2) is 6.61 Å². The second-order valence-corrected chi connectivity index (χ2v) is 7.60. The van der Waals surface area contributed by atoms with Gasteiger partial charge in [0.25, 0.3) is 5.91 Å². The van der Waals surface area contributed by atoms with Crippen LogP contribution in [0.5, 0.6) is 0 Å². The Morgan fingerprint density at radius 1 is 0.903 bits per heavy atom. The van der Waals surface area contributed by atoms with Crippen LogP contribution in [0.2, 0.25) is 0 Å². The number of esters is 1. The molecule has 2 aromatic carbocycles. The number of ether oxygens (including phenoxy) is 1. The molecule has 3 aromatic rings. The third-order valence-corrected chi connectivity index (χ3v) is 4.95. The number of hydrogen-bond donors (Lipinski definition) is 0. The lowest BCUT2D eigenvalue weighted by molar-refractivity contribution is -0.151. The van der Waals surface area contributed by atoms with Gasteiger partial charge in [-0.25, -0.2) is 0 Å². The van der Waals surface area contributed by atoms with Gasteiger partial charge in [0.05, 0.1) is 6.42 Å². The monoisotopic (exact) mass is 420 g/mol. The smallest absolute Gasteiger partial charge is 0.306 e. The molecule has 3 rings (SSSR count). The van der Waals surface area contributed by atoms with Crippen molar-refractivity contribution >= 4 is 17.6 Å². The highest BCUT2D eigenvalue weighted by Gasteiger charge is 2.14. The molecule has 0 radical (unpaired) electrons. The number of aryl methyl sites for hydroxylation is 1. The largest absolute Gasteiger partial charge is 0.461 e. The lowest BCUT2D eigenvalue weighted by Crippen LogP contribution is -2.30. The number of benzene rings is 2. The molecule has 1 amide bonds. The molecule has 0 aliphatic heterocycles. The standard InChI is InChI=1S/C25H28N2O4/c1-26(2)21-11-9-19(10-12-21)17-27(3)24(28)18-30-25(29)16-14-22-13-15-23(31-22)20-7-5-4-6-8-20/h4-13,15H,14,16-18H2,1-3H3. The van der Waals surface area contributed by atoms with E-state index in [9.17, 15) is 9.59 Å². The Hall–Kier alpha value is -3.54. The lowest BCUT2D eigenvalue weighted by Gasteiger charge is -2.18. The highest BCUT2D eigenvalue weighted by Crippen LogP contribution is 2.22. The Kier molecular flexibility index (Phi) is 7.49. The van der Waals surface area contributed by atoms with E-state index >= 15 is 0 Å². The van der Waals surface area contributed by atoms with Crippen LogP contribution in [0.1, 0.15) is 17.7 Å². The van der Waals surface area contributed by atoms with Gasteiger partial charge in [-0.1, -0.05) is 42.5 Å². The second-order valence-electron chi connectivity index (χ2n) is 7.60. The van der Waals surface area contributed by atoms with Gasteiger partial charge in [0, 0.05) is 45.4 Å². The predicted molar refractivity (Wildman–Crippen MR) is 121 cm³/mol. The van der Waals surface area contributed by atoms with Crippen molar-refractivity contribution in [3.63, 3.8) is 0 Å². The molecule has 0 saturated heterocycles. The fourth-order valence-electron chi connectivity index (χ4n) is 3.08. The van der Waals surface area contributed by atoms with Gasteiger partial charge in [-0.3, -0.25) is 9.59 Å². The first kappa shape index (κ1) is 22.2. The van der Waals surface area contributed by atoms with E-state index in [4.69, 9.17) is 9.15 Å². The molecule has 0 bridgehead atoms. The zero-order chi connectivity index (χ0) is 22.2. The average molecular weight is 421 g/mol. The maximum absolute atomic E-state index is 12.3. The van der Waals surface area contributed by atoms with Crippen LogP contribution in [0, 0.1) is 0 Å². The van der Waals surface area contributed by atoms with Crippen molar-refractivity contribution in [1.82, 2.24) is 4.90 Å². The minimum atomic E-state index is -0.422. The number of carbonyl (C=O) groups excluding carboxylic acids is 2. The molecular weight excluding hydrogens is 392 g/mol. The van der Waals surface area contributed by atoms with E-state index < -0.39 is 5.97 Å². The summed E-state index contributed by atoms with van der Waals surface area (Å²) in [6.07, 6.45) is 0.582. The molecule has 31 heavy (non-hydrogen) atoms. The van der Waals surface area contributed by atoms with Gasteiger partial charge >= 0.3 is 5.97 Å². The highest BCUT2D eigenvalue weighted by atomic mass is 16.5. The van der Waals surface area contributed by atoms with Crippen LogP contribution in [-0.4, -0.2) is 44.5 Å². The summed E-state index contributed by atoms with van der Waals surface area (Å²) in [5.41, 5.74) is 3.10. The summed E-state index contributed by atoms with van der Waals surface area (Å²) in [5.74, 6) is 0.809. The summed E-state index contributed by atoms with van der Waals surface area (Å²) in [4.78, 5) is 27.9. The van der Waals surface area contributed by atoms with Crippen LogP contribution < -0.4 is 4.90 Å². The highest BCUT2D eigenvalue weighted by molar-refractivity contribution is 5.80. The third kappa shape index (κ3) is 6.47. The Morgan fingerprint density at radius 2 is 1.61 bits per heavy atom. The summed E-state index contributed by atoms with van der Waals surface area (Å²) in [7, 11) is 5.66. The zero-order valence-corrected chi connectivity index (χ0v) is 18.2. The fourth-order valence-corrected chi connectivity index (χ4v) is 3.08. The summed E-state index contributed by atoms with van der Waals surface area (Å²) < 4.78 is 10.9. The van der Waals surface area contributed by atoms with Gasteiger partial charge in [-0.15, -0.1) is 0 Å². The minimum Gasteiger partial charge on any atom is -0.461 e. The molecule has 6 heteroatoms. The molecule has 0 saturated carbocycles. The van der Waals surface area contributed by atoms with E-state index in [1.54, 1.807) is 11.9 Å². The summed E-state index contributed by atoms with van der Waals surface area (Å²) in [6.45, 7) is 0.192.